The summed E-state index contributed by atoms with van der Waals surface area (Å²) in [5.41, 5.74) is 0.776. The zero-order chi connectivity index (χ0) is 9.52. The number of amides is 1. The molecule has 1 amide bonds. The van der Waals surface area contributed by atoms with E-state index < -0.39 is 0 Å². The molecule has 0 spiro atoms. The molecule has 0 saturated heterocycles. The van der Waals surface area contributed by atoms with Crippen molar-refractivity contribution in [2.24, 2.45) is 0 Å². The van der Waals surface area contributed by atoms with Gasteiger partial charge in [-0.3, -0.25) is 4.79 Å². The molecule has 1 radical (unpaired) electrons. The molecule has 0 aromatic heterocycles. The third-order valence-electron chi connectivity index (χ3n) is 1.61. The van der Waals surface area contributed by atoms with Gasteiger partial charge in [-0.05, 0) is 18.6 Å². The molecule has 0 saturated carbocycles. The maximum absolute atomic E-state index is 11.1. The average Bonchev–Trinajstić information content (AvgIpc) is 2.16. The largest absolute Gasteiger partial charge is 0.326 e. The molecule has 0 fully saturated rings. The Kier molecular flexibility index (Phi) is 3.99. The van der Waals surface area contributed by atoms with Crippen molar-refractivity contribution in [2.45, 2.75) is 12.8 Å². The predicted octanol–water partition coefficient (Wildman–Crippen LogP) is 1.84. The van der Waals surface area contributed by atoms with Crippen LogP contribution in [0.4, 0.5) is 5.69 Å². The van der Waals surface area contributed by atoms with Crippen molar-refractivity contribution >= 4 is 11.6 Å². The van der Waals surface area contributed by atoms with Crippen LogP contribution in [0.15, 0.2) is 30.3 Å². The molecule has 69 valence electrons. The molecule has 3 nitrogen and oxygen atoms in total. The average molecular weight is 178 g/mol. The van der Waals surface area contributed by atoms with Gasteiger partial charge >= 0.3 is 0 Å². The molecule has 1 aromatic rings. The van der Waals surface area contributed by atoms with Crippen LogP contribution in [-0.4, -0.2) is 12.5 Å². The molecule has 0 aliphatic heterocycles. The Morgan fingerprint density at radius 1 is 1.23 bits per heavy atom. The Morgan fingerprint density at radius 2 is 1.92 bits per heavy atom. The van der Waals surface area contributed by atoms with E-state index in [9.17, 15) is 9.90 Å². The summed E-state index contributed by atoms with van der Waals surface area (Å²) in [5.74, 6) is -0.0953. The summed E-state index contributed by atoms with van der Waals surface area (Å²) in [4.78, 5) is 11.1. The van der Waals surface area contributed by atoms with Crippen molar-refractivity contribution in [2.75, 3.05) is 11.9 Å². The highest BCUT2D eigenvalue weighted by molar-refractivity contribution is 5.90. The lowest BCUT2D eigenvalue weighted by molar-refractivity contribution is -0.116. The fourth-order valence-electron chi connectivity index (χ4n) is 0.978. The van der Waals surface area contributed by atoms with Crippen LogP contribution in [0.25, 0.3) is 0 Å². The van der Waals surface area contributed by atoms with Gasteiger partial charge in [-0.15, -0.1) is 0 Å². The Labute approximate surface area is 77.4 Å². The van der Waals surface area contributed by atoms with E-state index in [0.717, 1.165) is 5.69 Å². The molecule has 0 heterocycles. The van der Waals surface area contributed by atoms with Crippen molar-refractivity contribution in [3.63, 3.8) is 0 Å². The number of hydrogen-bond acceptors (Lipinski definition) is 1. The summed E-state index contributed by atoms with van der Waals surface area (Å²) in [6.45, 7) is -0.192. The summed E-state index contributed by atoms with van der Waals surface area (Å²) in [6, 6.07) is 9.21. The van der Waals surface area contributed by atoms with Crippen LogP contribution in [0.5, 0.6) is 0 Å². The number of carbonyl (C=O) groups excluding carboxylic acids is 1. The molecular formula is C10H12NO2. The van der Waals surface area contributed by atoms with Crippen LogP contribution >= 0.6 is 0 Å². The number of benzene rings is 1. The van der Waals surface area contributed by atoms with Crippen molar-refractivity contribution in [1.29, 1.82) is 0 Å². The lowest BCUT2D eigenvalue weighted by atomic mass is 10.3. The molecule has 0 aliphatic rings. The third-order valence-corrected chi connectivity index (χ3v) is 1.61. The second kappa shape index (κ2) is 5.32. The fourth-order valence-corrected chi connectivity index (χ4v) is 0.978. The van der Waals surface area contributed by atoms with Gasteiger partial charge in [0.15, 0.2) is 0 Å². The Morgan fingerprint density at radius 3 is 2.54 bits per heavy atom. The van der Waals surface area contributed by atoms with Crippen molar-refractivity contribution in [3.8, 4) is 0 Å². The molecule has 13 heavy (non-hydrogen) atoms. The highest BCUT2D eigenvalue weighted by atomic mass is 16.3. The van der Waals surface area contributed by atoms with Crippen molar-refractivity contribution in [3.05, 3.63) is 30.3 Å². The second-order valence-corrected chi connectivity index (χ2v) is 2.72. The molecule has 1 rings (SSSR count). The summed E-state index contributed by atoms with van der Waals surface area (Å²) in [5, 5.41) is 12.8. The first kappa shape index (κ1) is 9.74. The molecule has 0 atom stereocenters. The SMILES string of the molecule is [O]CCCC(=O)Nc1ccccc1. The molecule has 0 bridgehead atoms. The minimum Gasteiger partial charge on any atom is -0.326 e. The molecule has 0 unspecified atom stereocenters. The van der Waals surface area contributed by atoms with Gasteiger partial charge in [0.25, 0.3) is 0 Å². The van der Waals surface area contributed by atoms with E-state index in [1.807, 2.05) is 30.3 Å². The number of anilines is 1. The van der Waals surface area contributed by atoms with Crippen LogP contribution < -0.4 is 5.32 Å². The van der Waals surface area contributed by atoms with E-state index in [0.29, 0.717) is 12.8 Å². The lowest BCUT2D eigenvalue weighted by Crippen LogP contribution is -2.11. The van der Waals surface area contributed by atoms with Gasteiger partial charge in [0.1, 0.15) is 0 Å². The number of nitrogens with one attached hydrogen (secondary N) is 1. The highest BCUT2D eigenvalue weighted by Crippen LogP contribution is 2.05. The second-order valence-electron chi connectivity index (χ2n) is 2.72. The van der Waals surface area contributed by atoms with Crippen LogP contribution in [0.1, 0.15) is 12.8 Å². The number of hydrogen-bond donors (Lipinski definition) is 1. The molecule has 1 aromatic carbocycles. The van der Waals surface area contributed by atoms with E-state index in [-0.39, 0.29) is 12.5 Å². The lowest BCUT2D eigenvalue weighted by Gasteiger charge is -2.02. The summed E-state index contributed by atoms with van der Waals surface area (Å²) >= 11 is 0. The Hall–Kier alpha value is -1.35. The van der Waals surface area contributed by atoms with E-state index in [1.165, 1.54) is 0 Å². The van der Waals surface area contributed by atoms with E-state index >= 15 is 0 Å². The molecule has 3 heteroatoms. The molecule has 1 N–H and O–H groups in total. The first-order valence-electron chi connectivity index (χ1n) is 4.26. The minimum absolute atomic E-state index is 0.0953. The standard InChI is InChI=1S/C10H12NO2/c12-8-4-7-10(13)11-9-5-2-1-3-6-9/h1-3,5-6H,4,7-8H2,(H,11,13). The smallest absolute Gasteiger partial charge is 0.224 e. The van der Waals surface area contributed by atoms with Crippen molar-refractivity contribution < 1.29 is 9.90 Å². The van der Waals surface area contributed by atoms with Crippen LogP contribution in [0.2, 0.25) is 0 Å². The van der Waals surface area contributed by atoms with Gasteiger partial charge in [-0.25, -0.2) is 5.11 Å². The number of carbonyl (C=O) groups is 1. The van der Waals surface area contributed by atoms with E-state index in [4.69, 9.17) is 0 Å². The van der Waals surface area contributed by atoms with Gasteiger partial charge < -0.3 is 5.32 Å². The maximum Gasteiger partial charge on any atom is 0.224 e. The zero-order valence-electron chi connectivity index (χ0n) is 7.32. The van der Waals surface area contributed by atoms with Gasteiger partial charge in [0, 0.05) is 12.1 Å². The first-order chi connectivity index (χ1) is 6.33. The normalized spacial score (nSPS) is 9.62. The zero-order valence-corrected chi connectivity index (χ0v) is 7.32. The van der Waals surface area contributed by atoms with Crippen molar-refractivity contribution in [1.82, 2.24) is 0 Å². The Balaban J connectivity index is 2.37. The quantitative estimate of drug-likeness (QED) is 0.751. The van der Waals surface area contributed by atoms with Gasteiger partial charge in [-0.2, -0.15) is 0 Å². The van der Waals surface area contributed by atoms with Gasteiger partial charge in [0.2, 0.25) is 5.91 Å². The van der Waals surface area contributed by atoms with Crippen LogP contribution in [0.3, 0.4) is 0 Å². The first-order valence-corrected chi connectivity index (χ1v) is 4.26. The van der Waals surface area contributed by atoms with Crippen LogP contribution in [0, 0.1) is 0 Å². The Bertz CT molecular complexity index is 259. The summed E-state index contributed by atoms with van der Waals surface area (Å²) in [7, 11) is 0. The van der Waals surface area contributed by atoms with Crippen LogP contribution in [-0.2, 0) is 9.90 Å². The van der Waals surface area contributed by atoms with Gasteiger partial charge in [-0.1, -0.05) is 18.2 Å². The maximum atomic E-state index is 11.1. The fraction of sp³-hybridized carbons (Fsp3) is 0.300. The summed E-state index contributed by atoms with van der Waals surface area (Å²) < 4.78 is 0. The minimum atomic E-state index is -0.192. The number of para-hydroxylation sites is 1. The van der Waals surface area contributed by atoms with E-state index in [1.54, 1.807) is 0 Å². The number of rotatable bonds is 4. The monoisotopic (exact) mass is 178 g/mol. The molecule has 0 aliphatic carbocycles. The third kappa shape index (κ3) is 3.71. The highest BCUT2D eigenvalue weighted by Gasteiger charge is 2.00. The van der Waals surface area contributed by atoms with E-state index in [2.05, 4.69) is 5.32 Å². The predicted molar refractivity (Wildman–Crippen MR) is 49.9 cm³/mol. The summed E-state index contributed by atoms with van der Waals surface area (Å²) in [6.07, 6.45) is 0.705. The topological polar surface area (TPSA) is 49.0 Å². The van der Waals surface area contributed by atoms with Gasteiger partial charge in [0.05, 0.1) is 6.61 Å². The molecular weight excluding hydrogens is 166 g/mol.